The van der Waals surface area contributed by atoms with E-state index in [0.717, 1.165) is 40.5 Å². The summed E-state index contributed by atoms with van der Waals surface area (Å²) in [5.41, 5.74) is 7.52. The summed E-state index contributed by atoms with van der Waals surface area (Å²) in [6.45, 7) is 0.796. The SMILES string of the molecule is Nc1nc(C2CCCO2)c2cc(Br)ccc2n1. The van der Waals surface area contributed by atoms with Gasteiger partial charge in [-0.25, -0.2) is 9.97 Å². The smallest absolute Gasteiger partial charge is 0.220 e. The average molecular weight is 294 g/mol. The van der Waals surface area contributed by atoms with Crippen LogP contribution in [0.5, 0.6) is 0 Å². The monoisotopic (exact) mass is 293 g/mol. The quantitative estimate of drug-likeness (QED) is 0.878. The summed E-state index contributed by atoms with van der Waals surface area (Å²) in [5, 5.41) is 1.01. The third-order valence-corrected chi connectivity index (χ3v) is 3.43. The van der Waals surface area contributed by atoms with Crippen LogP contribution in [0.25, 0.3) is 10.9 Å². The van der Waals surface area contributed by atoms with Gasteiger partial charge in [0.25, 0.3) is 0 Å². The first-order valence-corrected chi connectivity index (χ1v) is 6.37. The highest BCUT2D eigenvalue weighted by atomic mass is 79.9. The molecule has 1 unspecified atom stereocenters. The van der Waals surface area contributed by atoms with Gasteiger partial charge in [0, 0.05) is 16.5 Å². The van der Waals surface area contributed by atoms with E-state index in [9.17, 15) is 0 Å². The highest BCUT2D eigenvalue weighted by Gasteiger charge is 2.22. The molecule has 1 aromatic carbocycles. The Labute approximate surface area is 107 Å². The fourth-order valence-electron chi connectivity index (χ4n) is 2.18. The standard InChI is InChI=1S/C12H12BrN3O/c13-7-3-4-9-8(6-7)11(16-12(14)15-9)10-2-1-5-17-10/h3-4,6,10H,1-2,5H2,(H2,14,15,16). The van der Waals surface area contributed by atoms with Crippen LogP contribution in [0, 0.1) is 0 Å². The zero-order chi connectivity index (χ0) is 11.8. The first-order chi connectivity index (χ1) is 8.24. The van der Waals surface area contributed by atoms with Crippen molar-refractivity contribution in [1.29, 1.82) is 0 Å². The lowest BCUT2D eigenvalue weighted by molar-refractivity contribution is 0.110. The van der Waals surface area contributed by atoms with Crippen LogP contribution in [-0.4, -0.2) is 16.6 Å². The van der Waals surface area contributed by atoms with Crippen molar-refractivity contribution in [3.05, 3.63) is 28.4 Å². The first-order valence-electron chi connectivity index (χ1n) is 5.58. The number of hydrogen-bond donors (Lipinski definition) is 1. The number of hydrogen-bond acceptors (Lipinski definition) is 4. The second kappa shape index (κ2) is 4.23. The fraction of sp³-hybridized carbons (Fsp3) is 0.333. The third kappa shape index (κ3) is 2.00. The molecule has 5 heteroatoms. The molecule has 88 valence electrons. The van der Waals surface area contributed by atoms with E-state index >= 15 is 0 Å². The van der Waals surface area contributed by atoms with Crippen LogP contribution in [0.3, 0.4) is 0 Å². The summed E-state index contributed by atoms with van der Waals surface area (Å²) < 4.78 is 6.69. The van der Waals surface area contributed by atoms with Crippen molar-refractivity contribution >= 4 is 32.8 Å². The summed E-state index contributed by atoms with van der Waals surface area (Å²) in [6.07, 6.45) is 2.12. The Kier molecular flexibility index (Phi) is 2.72. The Morgan fingerprint density at radius 3 is 3.00 bits per heavy atom. The summed E-state index contributed by atoms with van der Waals surface area (Å²) in [4.78, 5) is 8.58. The largest absolute Gasteiger partial charge is 0.372 e. The van der Waals surface area contributed by atoms with Crippen LogP contribution in [0.4, 0.5) is 5.95 Å². The zero-order valence-corrected chi connectivity index (χ0v) is 10.8. The zero-order valence-electron chi connectivity index (χ0n) is 9.19. The van der Waals surface area contributed by atoms with Gasteiger partial charge >= 0.3 is 0 Å². The second-order valence-corrected chi connectivity index (χ2v) is 5.05. The van der Waals surface area contributed by atoms with E-state index in [1.807, 2.05) is 18.2 Å². The molecule has 2 N–H and O–H groups in total. The Bertz CT molecular complexity index is 567. The van der Waals surface area contributed by atoms with Crippen molar-refractivity contribution in [2.45, 2.75) is 18.9 Å². The Balaban J connectivity index is 2.23. The Morgan fingerprint density at radius 1 is 1.35 bits per heavy atom. The van der Waals surface area contributed by atoms with Crippen LogP contribution in [0.2, 0.25) is 0 Å². The van der Waals surface area contributed by atoms with Crippen LogP contribution < -0.4 is 5.73 Å². The number of nitrogens with zero attached hydrogens (tertiary/aromatic N) is 2. The number of halogens is 1. The normalized spacial score (nSPS) is 19.9. The fourth-order valence-corrected chi connectivity index (χ4v) is 2.54. The highest BCUT2D eigenvalue weighted by molar-refractivity contribution is 9.10. The van der Waals surface area contributed by atoms with E-state index in [1.54, 1.807) is 0 Å². The molecule has 0 amide bonds. The van der Waals surface area contributed by atoms with E-state index in [1.165, 1.54) is 0 Å². The molecule has 1 aliphatic rings. The minimum atomic E-state index is 0.0529. The van der Waals surface area contributed by atoms with Crippen molar-refractivity contribution < 1.29 is 4.74 Å². The van der Waals surface area contributed by atoms with E-state index < -0.39 is 0 Å². The maximum absolute atomic E-state index is 5.74. The van der Waals surface area contributed by atoms with Gasteiger partial charge in [0.2, 0.25) is 5.95 Å². The predicted molar refractivity (Wildman–Crippen MR) is 69.6 cm³/mol. The number of rotatable bonds is 1. The summed E-state index contributed by atoms with van der Waals surface area (Å²) in [7, 11) is 0. The van der Waals surface area contributed by atoms with Gasteiger partial charge in [0.1, 0.15) is 6.10 Å². The summed E-state index contributed by atoms with van der Waals surface area (Å²) in [5.74, 6) is 0.310. The molecule has 1 aromatic heterocycles. The molecule has 1 aliphatic heterocycles. The molecule has 17 heavy (non-hydrogen) atoms. The van der Waals surface area contributed by atoms with E-state index in [0.29, 0.717) is 5.95 Å². The lowest BCUT2D eigenvalue weighted by Crippen LogP contribution is -2.05. The molecule has 2 heterocycles. The number of anilines is 1. The van der Waals surface area contributed by atoms with Crippen LogP contribution in [0.15, 0.2) is 22.7 Å². The molecule has 1 fully saturated rings. The molecule has 0 spiro atoms. The van der Waals surface area contributed by atoms with Crippen molar-refractivity contribution in [3.63, 3.8) is 0 Å². The van der Waals surface area contributed by atoms with Crippen molar-refractivity contribution in [3.8, 4) is 0 Å². The molecule has 1 saturated heterocycles. The topological polar surface area (TPSA) is 61.0 Å². The number of nitrogens with two attached hydrogens (primary N) is 1. The maximum atomic E-state index is 5.74. The van der Waals surface area contributed by atoms with Crippen molar-refractivity contribution in [1.82, 2.24) is 9.97 Å². The lowest BCUT2D eigenvalue weighted by Gasteiger charge is -2.12. The molecule has 1 atom stereocenters. The van der Waals surface area contributed by atoms with Gasteiger partial charge in [-0.05, 0) is 31.0 Å². The molecule has 0 aliphatic carbocycles. The number of fused-ring (bicyclic) bond motifs is 1. The molecule has 0 saturated carbocycles. The predicted octanol–water partition coefficient (Wildman–Crippen LogP) is 2.83. The number of ether oxygens (including phenoxy) is 1. The minimum Gasteiger partial charge on any atom is -0.372 e. The van der Waals surface area contributed by atoms with Crippen molar-refractivity contribution in [2.75, 3.05) is 12.3 Å². The summed E-state index contributed by atoms with van der Waals surface area (Å²) >= 11 is 3.47. The van der Waals surface area contributed by atoms with Gasteiger partial charge in [0.05, 0.1) is 11.2 Å². The van der Waals surface area contributed by atoms with Crippen LogP contribution >= 0.6 is 15.9 Å². The minimum absolute atomic E-state index is 0.0529. The van der Waals surface area contributed by atoms with Gasteiger partial charge in [-0.3, -0.25) is 0 Å². The second-order valence-electron chi connectivity index (χ2n) is 4.13. The molecular weight excluding hydrogens is 282 g/mol. The van der Waals surface area contributed by atoms with Gasteiger partial charge < -0.3 is 10.5 Å². The van der Waals surface area contributed by atoms with Crippen LogP contribution in [-0.2, 0) is 4.74 Å². The number of benzene rings is 1. The van der Waals surface area contributed by atoms with Gasteiger partial charge in [-0.1, -0.05) is 15.9 Å². The Morgan fingerprint density at radius 2 is 2.24 bits per heavy atom. The number of aromatic nitrogens is 2. The Hall–Kier alpha value is -1.20. The van der Waals surface area contributed by atoms with Gasteiger partial charge in [-0.15, -0.1) is 0 Å². The third-order valence-electron chi connectivity index (χ3n) is 2.94. The van der Waals surface area contributed by atoms with Gasteiger partial charge in [-0.2, -0.15) is 0 Å². The van der Waals surface area contributed by atoms with Crippen LogP contribution in [0.1, 0.15) is 24.6 Å². The molecular formula is C12H12BrN3O. The first kappa shape index (κ1) is 10.9. The van der Waals surface area contributed by atoms with E-state index in [-0.39, 0.29) is 6.10 Å². The van der Waals surface area contributed by atoms with Crippen molar-refractivity contribution in [2.24, 2.45) is 0 Å². The molecule has 3 rings (SSSR count). The van der Waals surface area contributed by atoms with Gasteiger partial charge in [0.15, 0.2) is 0 Å². The molecule has 4 nitrogen and oxygen atoms in total. The molecule has 0 bridgehead atoms. The maximum Gasteiger partial charge on any atom is 0.220 e. The van der Waals surface area contributed by atoms with E-state index in [2.05, 4.69) is 25.9 Å². The molecule has 2 aromatic rings. The lowest BCUT2D eigenvalue weighted by atomic mass is 10.1. The molecule has 0 radical (unpaired) electrons. The average Bonchev–Trinajstić information content (AvgIpc) is 2.82. The number of nitrogen functional groups attached to an aromatic ring is 1. The van der Waals surface area contributed by atoms with E-state index in [4.69, 9.17) is 10.5 Å². The highest BCUT2D eigenvalue weighted by Crippen LogP contribution is 2.33. The summed E-state index contributed by atoms with van der Waals surface area (Å²) in [6, 6.07) is 5.91.